The molecule has 4 rings (SSSR count). The van der Waals surface area contributed by atoms with Gasteiger partial charge < -0.3 is 9.47 Å². The number of nitrogens with zero attached hydrogens (tertiary/aromatic N) is 2. The fourth-order valence-corrected chi connectivity index (χ4v) is 5.73. The topological polar surface area (TPSA) is 71.4 Å². The minimum atomic E-state index is -3.59. The number of carbonyl (C=O) groups is 1. The predicted octanol–water partition coefficient (Wildman–Crippen LogP) is 5.81. The Morgan fingerprint density at radius 2 is 1.66 bits per heavy atom. The number of halogens is 1. The Kier molecular flexibility index (Phi) is 8.11. The maximum absolute atomic E-state index is 12.8. The molecule has 0 spiro atoms. The second-order valence-electron chi connectivity index (χ2n) is 8.81. The van der Waals surface area contributed by atoms with Crippen LogP contribution in [-0.2, 0) is 14.8 Å². The molecule has 2 aromatic carbocycles. The van der Waals surface area contributed by atoms with Crippen LogP contribution in [0.3, 0.4) is 0 Å². The van der Waals surface area contributed by atoms with Gasteiger partial charge in [0.05, 0.1) is 4.90 Å². The van der Waals surface area contributed by atoms with Crippen LogP contribution in [0.5, 0.6) is 0 Å². The van der Waals surface area contributed by atoms with Crippen LogP contribution in [0.1, 0.15) is 44.2 Å². The normalized spacial score (nSPS) is 15.3. The number of hydrogen-bond donors (Lipinski definition) is 1. The average Bonchev–Trinajstić information content (AvgIpc) is 3.18. The number of sulfonamides is 1. The molecule has 184 valence electrons. The van der Waals surface area contributed by atoms with Gasteiger partial charge in [0.2, 0.25) is 10.0 Å². The molecular formula is C27H30ClN3O3S. The Balaban J connectivity index is 1.42. The van der Waals surface area contributed by atoms with E-state index in [2.05, 4.69) is 4.72 Å². The van der Waals surface area contributed by atoms with E-state index in [4.69, 9.17) is 11.6 Å². The summed E-state index contributed by atoms with van der Waals surface area (Å²) >= 11 is 5.98. The van der Waals surface area contributed by atoms with Crippen LogP contribution in [0.15, 0.2) is 77.8 Å². The van der Waals surface area contributed by atoms with Gasteiger partial charge in [-0.15, -0.1) is 0 Å². The number of hydrogen-bond acceptors (Lipinski definition) is 3. The third-order valence-electron chi connectivity index (χ3n) is 6.32. The van der Waals surface area contributed by atoms with Crippen molar-refractivity contribution in [1.82, 2.24) is 9.29 Å². The van der Waals surface area contributed by atoms with Crippen molar-refractivity contribution in [2.24, 2.45) is 0 Å². The van der Waals surface area contributed by atoms with E-state index in [0.29, 0.717) is 10.7 Å². The van der Waals surface area contributed by atoms with Gasteiger partial charge in [-0.1, -0.05) is 37.3 Å². The lowest BCUT2D eigenvalue weighted by Gasteiger charge is -2.18. The number of nitrogens with one attached hydrogen (secondary N) is 1. The van der Waals surface area contributed by atoms with Crippen LogP contribution >= 0.6 is 11.6 Å². The lowest BCUT2D eigenvalue weighted by Crippen LogP contribution is -2.34. The van der Waals surface area contributed by atoms with E-state index in [1.807, 2.05) is 47.2 Å². The van der Waals surface area contributed by atoms with Crippen molar-refractivity contribution < 1.29 is 13.2 Å². The highest BCUT2D eigenvalue weighted by molar-refractivity contribution is 7.89. The third kappa shape index (κ3) is 6.42. The van der Waals surface area contributed by atoms with Gasteiger partial charge in [-0.25, -0.2) is 13.1 Å². The minimum Gasteiger partial charge on any atom is -0.317 e. The molecule has 0 bridgehead atoms. The minimum absolute atomic E-state index is 0.0108. The first-order valence-electron chi connectivity index (χ1n) is 11.8. The first-order chi connectivity index (χ1) is 16.8. The van der Waals surface area contributed by atoms with Crippen LogP contribution in [0.4, 0.5) is 5.69 Å². The Morgan fingerprint density at radius 1 is 1.00 bits per heavy atom. The predicted molar refractivity (Wildman–Crippen MR) is 141 cm³/mol. The van der Waals surface area contributed by atoms with Crippen molar-refractivity contribution in [2.75, 3.05) is 11.9 Å². The average molecular weight is 512 g/mol. The fourth-order valence-electron chi connectivity index (χ4n) is 4.30. The molecule has 3 aromatic rings. The summed E-state index contributed by atoms with van der Waals surface area (Å²) < 4.78 is 30.4. The molecule has 1 saturated carbocycles. The second kappa shape index (κ2) is 11.2. The molecule has 6 nitrogen and oxygen atoms in total. The molecule has 1 amide bonds. The Hall–Kier alpha value is -2.87. The van der Waals surface area contributed by atoms with Gasteiger partial charge in [-0.05, 0) is 79.6 Å². The van der Waals surface area contributed by atoms with E-state index >= 15 is 0 Å². The van der Waals surface area contributed by atoms with E-state index < -0.39 is 10.0 Å². The first-order valence-corrected chi connectivity index (χ1v) is 13.7. The summed E-state index contributed by atoms with van der Waals surface area (Å²) in [5.41, 5.74) is 2.40. The van der Waals surface area contributed by atoms with E-state index in [-0.39, 0.29) is 16.8 Å². The van der Waals surface area contributed by atoms with E-state index in [1.165, 1.54) is 11.0 Å². The van der Waals surface area contributed by atoms with Gasteiger partial charge in [0.1, 0.15) is 0 Å². The maximum Gasteiger partial charge on any atom is 0.250 e. The summed E-state index contributed by atoms with van der Waals surface area (Å²) in [7, 11) is -1.93. The summed E-state index contributed by atoms with van der Waals surface area (Å²) in [6.45, 7) is 0. The van der Waals surface area contributed by atoms with Crippen LogP contribution in [-0.4, -0.2) is 32.0 Å². The maximum atomic E-state index is 12.8. The summed E-state index contributed by atoms with van der Waals surface area (Å²) in [4.78, 5) is 14.5. The lowest BCUT2D eigenvalue weighted by atomic mass is 10.1. The molecule has 0 atom stereocenters. The van der Waals surface area contributed by atoms with Crippen LogP contribution in [0.25, 0.3) is 11.8 Å². The largest absolute Gasteiger partial charge is 0.317 e. The van der Waals surface area contributed by atoms with Crippen molar-refractivity contribution in [3.05, 3.63) is 83.7 Å². The summed E-state index contributed by atoms with van der Waals surface area (Å²) in [6, 6.07) is 17.7. The van der Waals surface area contributed by atoms with Crippen molar-refractivity contribution in [3.63, 3.8) is 0 Å². The Bertz CT molecular complexity index is 1270. The molecule has 35 heavy (non-hydrogen) atoms. The molecule has 0 radical (unpaired) electrons. The zero-order valence-electron chi connectivity index (χ0n) is 19.7. The van der Waals surface area contributed by atoms with Crippen molar-refractivity contribution in [3.8, 4) is 5.69 Å². The molecule has 1 fully saturated rings. The molecule has 1 aliphatic rings. The molecule has 1 N–H and O–H groups in total. The zero-order chi connectivity index (χ0) is 24.8. The highest BCUT2D eigenvalue weighted by Gasteiger charge is 2.21. The number of rotatable bonds is 7. The number of likely N-dealkylation sites (N-methyl/N-ethyl adjacent to an activating group) is 1. The SMILES string of the molecule is CN(C(=O)/C=C/c1cccn1-c1ccc(Cl)cc1)c1ccc(S(=O)(=O)NC2CCCCCC2)cc1. The monoisotopic (exact) mass is 511 g/mol. The molecule has 0 aliphatic heterocycles. The van der Waals surface area contributed by atoms with E-state index in [9.17, 15) is 13.2 Å². The number of benzene rings is 2. The van der Waals surface area contributed by atoms with Gasteiger partial charge in [-0.3, -0.25) is 4.79 Å². The van der Waals surface area contributed by atoms with Crippen LogP contribution in [0, 0.1) is 0 Å². The zero-order valence-corrected chi connectivity index (χ0v) is 21.3. The van der Waals surface area contributed by atoms with Crippen LogP contribution < -0.4 is 9.62 Å². The van der Waals surface area contributed by atoms with Gasteiger partial charge in [0.25, 0.3) is 5.91 Å². The highest BCUT2D eigenvalue weighted by Crippen LogP contribution is 2.22. The summed E-state index contributed by atoms with van der Waals surface area (Å²) in [6.07, 6.45) is 11.4. The fraction of sp³-hybridized carbons (Fsp3) is 0.296. The lowest BCUT2D eigenvalue weighted by molar-refractivity contribution is -0.113. The van der Waals surface area contributed by atoms with Gasteiger partial charge >= 0.3 is 0 Å². The van der Waals surface area contributed by atoms with Crippen LogP contribution in [0.2, 0.25) is 5.02 Å². The molecule has 8 heteroatoms. The number of anilines is 1. The first kappa shape index (κ1) is 25.2. The van der Waals surface area contributed by atoms with Gasteiger partial charge in [0.15, 0.2) is 0 Å². The van der Waals surface area contributed by atoms with Crippen molar-refractivity contribution in [1.29, 1.82) is 0 Å². The van der Waals surface area contributed by atoms with E-state index in [0.717, 1.165) is 49.9 Å². The molecule has 1 aromatic heterocycles. The van der Waals surface area contributed by atoms with Gasteiger partial charge in [-0.2, -0.15) is 0 Å². The van der Waals surface area contributed by atoms with Crippen molar-refractivity contribution in [2.45, 2.75) is 49.5 Å². The number of amides is 1. The summed E-state index contributed by atoms with van der Waals surface area (Å²) in [5.74, 6) is -0.221. The standard InChI is InChI=1S/C27H30ClN3O3S/c1-30(27(32)19-16-24-9-6-20-31(24)25-12-10-21(28)11-13-25)23-14-17-26(18-15-23)35(33,34)29-22-7-4-2-3-5-8-22/h6,9-20,22,29H,2-5,7-8H2,1H3/b19-16+. The smallest absolute Gasteiger partial charge is 0.250 e. The molecule has 1 aliphatic carbocycles. The third-order valence-corrected chi connectivity index (χ3v) is 8.11. The second-order valence-corrected chi connectivity index (χ2v) is 11.0. The number of aromatic nitrogens is 1. The Morgan fingerprint density at radius 3 is 2.31 bits per heavy atom. The molecular weight excluding hydrogens is 482 g/mol. The van der Waals surface area contributed by atoms with Crippen molar-refractivity contribution >= 4 is 39.3 Å². The quantitative estimate of drug-likeness (QED) is 0.321. The Labute approximate surface area is 212 Å². The van der Waals surface area contributed by atoms with E-state index in [1.54, 1.807) is 37.4 Å². The number of carbonyl (C=O) groups excluding carboxylic acids is 1. The molecule has 0 saturated heterocycles. The molecule has 1 heterocycles. The summed E-state index contributed by atoms with van der Waals surface area (Å²) in [5, 5.41) is 0.661. The van der Waals surface area contributed by atoms with Gasteiger partial charge in [0, 0.05) is 47.5 Å². The molecule has 0 unspecified atom stereocenters. The highest BCUT2D eigenvalue weighted by atomic mass is 35.5.